The van der Waals surface area contributed by atoms with Crippen LogP contribution in [0.3, 0.4) is 0 Å². The summed E-state index contributed by atoms with van der Waals surface area (Å²) < 4.78 is 6.38. The first-order chi connectivity index (χ1) is 10.8. The summed E-state index contributed by atoms with van der Waals surface area (Å²) in [5.74, 6) is 0.647. The molecular formula is C20H25NO. The van der Waals surface area contributed by atoms with E-state index in [1.165, 1.54) is 30.5 Å². The number of hydrogen-bond donors (Lipinski definition) is 0. The topological polar surface area (TPSA) is 12.5 Å². The van der Waals surface area contributed by atoms with E-state index in [4.69, 9.17) is 4.74 Å². The lowest BCUT2D eigenvalue weighted by Crippen LogP contribution is -2.34. The van der Waals surface area contributed by atoms with Gasteiger partial charge in [-0.25, -0.2) is 0 Å². The average Bonchev–Trinajstić information content (AvgIpc) is 2.57. The Hall–Kier alpha value is -1.64. The third-order valence-electron chi connectivity index (χ3n) is 4.43. The lowest BCUT2D eigenvalue weighted by molar-refractivity contribution is 0.0307. The molecule has 116 valence electrons. The number of rotatable bonds is 5. The van der Waals surface area contributed by atoms with Crippen LogP contribution < -0.4 is 0 Å². The van der Waals surface area contributed by atoms with E-state index in [1.54, 1.807) is 0 Å². The monoisotopic (exact) mass is 295 g/mol. The molecule has 1 aliphatic heterocycles. The first kappa shape index (κ1) is 15.3. The SMILES string of the molecule is CN1CCCC(COC(c2ccccc2)c2ccccc2)C1. The van der Waals surface area contributed by atoms with Crippen molar-refractivity contribution in [1.29, 1.82) is 0 Å². The Bertz CT molecular complexity index is 515. The Labute approximate surface area is 133 Å². The Kier molecular flexibility index (Phi) is 5.25. The van der Waals surface area contributed by atoms with Gasteiger partial charge in [-0.3, -0.25) is 0 Å². The van der Waals surface area contributed by atoms with Crippen LogP contribution in [0.1, 0.15) is 30.1 Å². The zero-order chi connectivity index (χ0) is 15.2. The van der Waals surface area contributed by atoms with Crippen LogP contribution >= 0.6 is 0 Å². The van der Waals surface area contributed by atoms with Gasteiger partial charge in [-0.2, -0.15) is 0 Å². The average molecular weight is 295 g/mol. The summed E-state index contributed by atoms with van der Waals surface area (Å²) in [6, 6.07) is 21.1. The van der Waals surface area contributed by atoms with E-state index in [2.05, 4.69) is 72.6 Å². The second kappa shape index (κ2) is 7.57. The van der Waals surface area contributed by atoms with E-state index in [0.29, 0.717) is 5.92 Å². The summed E-state index contributed by atoms with van der Waals surface area (Å²) in [5, 5.41) is 0. The first-order valence-electron chi connectivity index (χ1n) is 8.23. The molecule has 2 aromatic carbocycles. The summed E-state index contributed by atoms with van der Waals surface area (Å²) in [6.45, 7) is 3.20. The van der Waals surface area contributed by atoms with Gasteiger partial charge in [0.05, 0.1) is 6.61 Å². The van der Waals surface area contributed by atoms with E-state index in [0.717, 1.165) is 13.2 Å². The summed E-state index contributed by atoms with van der Waals surface area (Å²) in [6.07, 6.45) is 2.60. The van der Waals surface area contributed by atoms with Gasteiger partial charge < -0.3 is 9.64 Å². The Balaban J connectivity index is 1.72. The Morgan fingerprint density at radius 2 is 1.59 bits per heavy atom. The maximum Gasteiger partial charge on any atom is 0.108 e. The largest absolute Gasteiger partial charge is 0.368 e. The number of ether oxygens (including phenoxy) is 1. The van der Waals surface area contributed by atoms with Crippen molar-refractivity contribution in [3.63, 3.8) is 0 Å². The summed E-state index contributed by atoms with van der Waals surface area (Å²) >= 11 is 0. The minimum absolute atomic E-state index is 0.0367. The molecule has 1 atom stereocenters. The normalized spacial score (nSPS) is 19.5. The van der Waals surface area contributed by atoms with Crippen molar-refractivity contribution in [2.24, 2.45) is 5.92 Å². The van der Waals surface area contributed by atoms with Crippen molar-refractivity contribution < 1.29 is 4.74 Å². The van der Waals surface area contributed by atoms with Gasteiger partial charge in [0.2, 0.25) is 0 Å². The predicted octanol–water partition coefficient (Wildman–Crippen LogP) is 4.13. The van der Waals surface area contributed by atoms with Crippen LogP contribution in [-0.4, -0.2) is 31.6 Å². The maximum absolute atomic E-state index is 6.38. The molecule has 3 rings (SSSR count). The zero-order valence-electron chi connectivity index (χ0n) is 13.3. The molecule has 1 unspecified atom stereocenters. The van der Waals surface area contributed by atoms with E-state index >= 15 is 0 Å². The van der Waals surface area contributed by atoms with Crippen LogP contribution in [-0.2, 0) is 4.74 Å². The van der Waals surface area contributed by atoms with Gasteiger partial charge in [0, 0.05) is 6.54 Å². The lowest BCUT2D eigenvalue weighted by Gasteiger charge is -2.31. The number of benzene rings is 2. The molecule has 0 amide bonds. The van der Waals surface area contributed by atoms with Gasteiger partial charge in [-0.1, -0.05) is 60.7 Å². The third kappa shape index (κ3) is 3.96. The highest BCUT2D eigenvalue weighted by atomic mass is 16.5. The zero-order valence-corrected chi connectivity index (χ0v) is 13.3. The molecule has 0 aliphatic carbocycles. The van der Waals surface area contributed by atoms with Crippen LogP contribution in [0.5, 0.6) is 0 Å². The number of hydrogen-bond acceptors (Lipinski definition) is 2. The fourth-order valence-electron chi connectivity index (χ4n) is 3.28. The fraction of sp³-hybridized carbons (Fsp3) is 0.400. The smallest absolute Gasteiger partial charge is 0.108 e. The quantitative estimate of drug-likeness (QED) is 0.822. The molecule has 0 radical (unpaired) electrons. The van der Waals surface area contributed by atoms with Gasteiger partial charge in [0.1, 0.15) is 6.10 Å². The minimum Gasteiger partial charge on any atom is -0.368 e. The predicted molar refractivity (Wildman–Crippen MR) is 90.9 cm³/mol. The van der Waals surface area contributed by atoms with Gasteiger partial charge >= 0.3 is 0 Å². The molecular weight excluding hydrogens is 270 g/mol. The van der Waals surface area contributed by atoms with Crippen molar-refractivity contribution in [2.75, 3.05) is 26.7 Å². The standard InChI is InChI=1S/C20H25NO/c1-21-14-8-9-17(15-21)16-22-20(18-10-4-2-5-11-18)19-12-6-3-7-13-19/h2-7,10-13,17,20H,8-9,14-16H2,1H3. The van der Waals surface area contributed by atoms with Crippen LogP contribution in [0.15, 0.2) is 60.7 Å². The van der Waals surface area contributed by atoms with Crippen molar-refractivity contribution in [3.05, 3.63) is 71.8 Å². The van der Waals surface area contributed by atoms with Gasteiger partial charge in [0.15, 0.2) is 0 Å². The molecule has 1 fully saturated rings. The molecule has 0 aromatic heterocycles. The molecule has 0 saturated carbocycles. The molecule has 22 heavy (non-hydrogen) atoms. The van der Waals surface area contributed by atoms with Crippen molar-refractivity contribution in [2.45, 2.75) is 18.9 Å². The lowest BCUT2D eigenvalue weighted by atomic mass is 9.98. The minimum atomic E-state index is 0.0367. The van der Waals surface area contributed by atoms with Gasteiger partial charge in [-0.15, -0.1) is 0 Å². The highest BCUT2D eigenvalue weighted by Crippen LogP contribution is 2.27. The van der Waals surface area contributed by atoms with Gasteiger partial charge in [-0.05, 0) is 43.5 Å². The van der Waals surface area contributed by atoms with E-state index in [9.17, 15) is 0 Å². The summed E-state index contributed by atoms with van der Waals surface area (Å²) in [4.78, 5) is 2.41. The van der Waals surface area contributed by atoms with Crippen molar-refractivity contribution >= 4 is 0 Å². The molecule has 0 N–H and O–H groups in total. The second-order valence-electron chi connectivity index (χ2n) is 6.31. The molecule has 2 heteroatoms. The summed E-state index contributed by atoms with van der Waals surface area (Å²) in [5.41, 5.74) is 2.47. The molecule has 0 spiro atoms. The highest BCUT2D eigenvalue weighted by Gasteiger charge is 2.20. The highest BCUT2D eigenvalue weighted by molar-refractivity contribution is 5.29. The number of piperidine rings is 1. The Morgan fingerprint density at radius 1 is 1.00 bits per heavy atom. The van der Waals surface area contributed by atoms with E-state index in [1.807, 2.05) is 0 Å². The summed E-state index contributed by atoms with van der Waals surface area (Å²) in [7, 11) is 2.21. The molecule has 1 saturated heterocycles. The van der Waals surface area contributed by atoms with Crippen LogP contribution in [0.4, 0.5) is 0 Å². The molecule has 2 nitrogen and oxygen atoms in total. The van der Waals surface area contributed by atoms with Crippen molar-refractivity contribution in [3.8, 4) is 0 Å². The molecule has 2 aromatic rings. The fourth-order valence-corrected chi connectivity index (χ4v) is 3.28. The van der Waals surface area contributed by atoms with Crippen molar-refractivity contribution in [1.82, 2.24) is 4.90 Å². The van der Waals surface area contributed by atoms with E-state index < -0.39 is 0 Å². The first-order valence-corrected chi connectivity index (χ1v) is 8.23. The van der Waals surface area contributed by atoms with Crippen LogP contribution in [0.25, 0.3) is 0 Å². The third-order valence-corrected chi connectivity index (χ3v) is 4.43. The van der Waals surface area contributed by atoms with Crippen LogP contribution in [0, 0.1) is 5.92 Å². The molecule has 1 heterocycles. The molecule has 0 bridgehead atoms. The maximum atomic E-state index is 6.38. The molecule has 1 aliphatic rings. The second-order valence-corrected chi connectivity index (χ2v) is 6.31. The number of likely N-dealkylation sites (tertiary alicyclic amines) is 1. The Morgan fingerprint density at radius 3 is 2.14 bits per heavy atom. The number of nitrogens with zero attached hydrogens (tertiary/aromatic N) is 1. The van der Waals surface area contributed by atoms with Crippen LogP contribution in [0.2, 0.25) is 0 Å². The van der Waals surface area contributed by atoms with E-state index in [-0.39, 0.29) is 6.10 Å². The van der Waals surface area contributed by atoms with Gasteiger partial charge in [0.25, 0.3) is 0 Å².